The van der Waals surface area contributed by atoms with Crippen molar-refractivity contribution in [2.24, 2.45) is 5.73 Å². The molecule has 0 spiro atoms. The fourth-order valence-electron chi connectivity index (χ4n) is 3.20. The Kier molecular flexibility index (Phi) is 3.26. The summed E-state index contributed by atoms with van der Waals surface area (Å²) < 4.78 is 0. The van der Waals surface area contributed by atoms with Gasteiger partial charge in [0.05, 0.1) is 39.0 Å². The molecule has 0 saturated carbocycles. The van der Waals surface area contributed by atoms with Crippen LogP contribution in [0.4, 0.5) is 0 Å². The lowest BCUT2D eigenvalue weighted by atomic mass is 9.84. The van der Waals surface area contributed by atoms with Crippen molar-refractivity contribution < 1.29 is 15.0 Å². The smallest absolute Gasteiger partial charge is 0.279 e. The minimum absolute atomic E-state index is 0.0625. The van der Waals surface area contributed by atoms with Gasteiger partial charge in [-0.3, -0.25) is 4.79 Å². The molecule has 2 aliphatic rings. The molecule has 0 radical (unpaired) electrons. The Labute approximate surface area is 91.2 Å². The van der Waals surface area contributed by atoms with Gasteiger partial charge in [-0.05, 0) is 19.3 Å². The standard InChI is InChI=1S/C11H21N3O/c12-10(15)11(4-6-13-7-5-11)14-8-2-1-3-9-14/h13H,1-9H2,(H2,12,15)/p+2. The highest BCUT2D eigenvalue weighted by molar-refractivity contribution is 5.83. The first-order chi connectivity index (χ1) is 7.26. The molecule has 2 aliphatic heterocycles. The van der Waals surface area contributed by atoms with E-state index in [4.69, 9.17) is 5.73 Å². The van der Waals surface area contributed by atoms with Crippen LogP contribution in [0.15, 0.2) is 0 Å². The molecule has 5 N–H and O–H groups in total. The van der Waals surface area contributed by atoms with E-state index in [1.807, 2.05) is 0 Å². The summed E-state index contributed by atoms with van der Waals surface area (Å²) in [5.74, 6) is -0.0625. The number of nitrogens with two attached hydrogens (primary N) is 2. The molecule has 15 heavy (non-hydrogen) atoms. The van der Waals surface area contributed by atoms with E-state index in [-0.39, 0.29) is 11.4 Å². The normalized spacial score (nSPS) is 27.5. The number of amides is 1. The van der Waals surface area contributed by atoms with Crippen LogP contribution >= 0.6 is 0 Å². The van der Waals surface area contributed by atoms with Crippen molar-refractivity contribution in [1.29, 1.82) is 0 Å². The summed E-state index contributed by atoms with van der Waals surface area (Å²) in [6.07, 6.45) is 5.78. The van der Waals surface area contributed by atoms with Gasteiger partial charge in [-0.15, -0.1) is 0 Å². The number of carbonyl (C=O) groups is 1. The second-order valence-electron chi connectivity index (χ2n) is 4.98. The Morgan fingerprint density at radius 2 is 1.73 bits per heavy atom. The second-order valence-corrected chi connectivity index (χ2v) is 4.98. The van der Waals surface area contributed by atoms with Crippen LogP contribution in [0.3, 0.4) is 0 Å². The van der Waals surface area contributed by atoms with Gasteiger partial charge in [-0.25, -0.2) is 0 Å². The van der Waals surface area contributed by atoms with E-state index in [1.54, 1.807) is 0 Å². The third-order valence-electron chi connectivity index (χ3n) is 4.16. The summed E-state index contributed by atoms with van der Waals surface area (Å²) in [6, 6.07) is 0. The summed E-state index contributed by atoms with van der Waals surface area (Å²) in [6.45, 7) is 4.41. The van der Waals surface area contributed by atoms with Crippen molar-refractivity contribution in [2.75, 3.05) is 26.2 Å². The zero-order valence-corrected chi connectivity index (χ0v) is 9.43. The molecule has 0 atom stereocenters. The van der Waals surface area contributed by atoms with E-state index in [1.165, 1.54) is 24.2 Å². The quantitative estimate of drug-likeness (QED) is 0.472. The van der Waals surface area contributed by atoms with Crippen LogP contribution in [0.2, 0.25) is 0 Å². The lowest BCUT2D eigenvalue weighted by Gasteiger charge is -2.41. The maximum Gasteiger partial charge on any atom is 0.279 e. The molecule has 4 heteroatoms. The summed E-state index contributed by atoms with van der Waals surface area (Å²) >= 11 is 0. The second kappa shape index (κ2) is 4.49. The Bertz CT molecular complexity index is 230. The minimum Gasteiger partial charge on any atom is -0.364 e. The van der Waals surface area contributed by atoms with Crippen molar-refractivity contribution in [3.05, 3.63) is 0 Å². The Hall–Kier alpha value is -0.610. The molecule has 0 aromatic carbocycles. The van der Waals surface area contributed by atoms with Crippen LogP contribution in [0, 0.1) is 0 Å². The molecule has 0 aliphatic carbocycles. The largest absolute Gasteiger partial charge is 0.364 e. The van der Waals surface area contributed by atoms with Gasteiger partial charge in [0.15, 0.2) is 5.54 Å². The van der Waals surface area contributed by atoms with Gasteiger partial charge in [0.1, 0.15) is 0 Å². The number of rotatable bonds is 2. The van der Waals surface area contributed by atoms with Gasteiger partial charge < -0.3 is 16.0 Å². The van der Waals surface area contributed by atoms with Crippen LogP contribution in [-0.4, -0.2) is 37.6 Å². The van der Waals surface area contributed by atoms with Crippen LogP contribution in [0.25, 0.3) is 0 Å². The van der Waals surface area contributed by atoms with E-state index in [0.717, 1.165) is 39.0 Å². The predicted octanol–water partition coefficient (Wildman–Crippen LogP) is -2.36. The number of hydrogen-bond acceptors (Lipinski definition) is 1. The molecule has 0 aromatic rings. The van der Waals surface area contributed by atoms with Crippen LogP contribution in [0.1, 0.15) is 32.1 Å². The maximum absolute atomic E-state index is 11.8. The van der Waals surface area contributed by atoms with Crippen molar-refractivity contribution >= 4 is 5.91 Å². The summed E-state index contributed by atoms with van der Waals surface area (Å²) in [7, 11) is 0. The molecule has 2 heterocycles. The Morgan fingerprint density at radius 3 is 2.27 bits per heavy atom. The van der Waals surface area contributed by atoms with E-state index in [0.29, 0.717) is 0 Å². The molecule has 86 valence electrons. The van der Waals surface area contributed by atoms with Gasteiger partial charge in [-0.1, -0.05) is 0 Å². The van der Waals surface area contributed by atoms with Gasteiger partial charge in [0, 0.05) is 0 Å². The number of likely N-dealkylation sites (tertiary alicyclic amines) is 1. The lowest BCUT2D eigenvalue weighted by Crippen LogP contribution is -3.23. The maximum atomic E-state index is 11.8. The number of piperidine rings is 2. The monoisotopic (exact) mass is 213 g/mol. The first kappa shape index (κ1) is 10.9. The molecule has 2 rings (SSSR count). The molecule has 0 unspecified atom stereocenters. The van der Waals surface area contributed by atoms with Gasteiger partial charge in [-0.2, -0.15) is 0 Å². The SMILES string of the molecule is NC(=O)C1([NH+]2CCCCC2)CC[NH2+]CC1. The topological polar surface area (TPSA) is 64.1 Å². The van der Waals surface area contributed by atoms with Gasteiger partial charge >= 0.3 is 0 Å². The third-order valence-corrected chi connectivity index (χ3v) is 4.16. The van der Waals surface area contributed by atoms with Gasteiger partial charge in [0.25, 0.3) is 5.91 Å². The Balaban J connectivity index is 2.12. The average molecular weight is 213 g/mol. The summed E-state index contributed by atoms with van der Waals surface area (Å²) in [5.41, 5.74) is 5.43. The van der Waals surface area contributed by atoms with Gasteiger partial charge in [0.2, 0.25) is 0 Å². The summed E-state index contributed by atoms with van der Waals surface area (Å²) in [4.78, 5) is 13.2. The highest BCUT2D eigenvalue weighted by atomic mass is 16.1. The molecule has 1 amide bonds. The van der Waals surface area contributed by atoms with E-state index in [2.05, 4.69) is 5.32 Å². The molecule has 0 bridgehead atoms. The van der Waals surface area contributed by atoms with E-state index >= 15 is 0 Å². The fraction of sp³-hybridized carbons (Fsp3) is 0.909. The average Bonchev–Trinajstić information content (AvgIpc) is 2.31. The van der Waals surface area contributed by atoms with E-state index in [9.17, 15) is 4.79 Å². The first-order valence-electron chi connectivity index (χ1n) is 6.22. The Morgan fingerprint density at radius 1 is 1.13 bits per heavy atom. The highest BCUT2D eigenvalue weighted by Gasteiger charge is 2.48. The molecule has 4 nitrogen and oxygen atoms in total. The summed E-state index contributed by atoms with van der Waals surface area (Å²) in [5, 5.41) is 2.30. The van der Waals surface area contributed by atoms with Crippen molar-refractivity contribution in [3.8, 4) is 0 Å². The van der Waals surface area contributed by atoms with Crippen LogP contribution < -0.4 is 16.0 Å². The number of nitrogens with one attached hydrogen (secondary N) is 1. The number of hydrogen-bond donors (Lipinski definition) is 3. The number of carbonyl (C=O) groups excluding carboxylic acids is 1. The molecule has 0 aromatic heterocycles. The van der Waals surface area contributed by atoms with Crippen molar-refractivity contribution in [1.82, 2.24) is 0 Å². The molecular weight excluding hydrogens is 190 g/mol. The molecule has 2 fully saturated rings. The molecule has 2 saturated heterocycles. The fourth-order valence-corrected chi connectivity index (χ4v) is 3.20. The lowest BCUT2D eigenvalue weighted by molar-refractivity contribution is -0.953. The molecular formula is C11H23N3O+2. The van der Waals surface area contributed by atoms with Crippen molar-refractivity contribution in [2.45, 2.75) is 37.6 Å². The number of quaternary nitrogens is 2. The van der Waals surface area contributed by atoms with E-state index < -0.39 is 0 Å². The zero-order valence-electron chi connectivity index (χ0n) is 9.43. The van der Waals surface area contributed by atoms with Crippen LogP contribution in [0.5, 0.6) is 0 Å². The third kappa shape index (κ3) is 2.01. The van der Waals surface area contributed by atoms with Crippen molar-refractivity contribution in [3.63, 3.8) is 0 Å². The van der Waals surface area contributed by atoms with Crippen LogP contribution in [-0.2, 0) is 4.79 Å². The zero-order chi connectivity index (χ0) is 10.7. The number of primary amides is 1. The highest BCUT2D eigenvalue weighted by Crippen LogP contribution is 2.13. The predicted molar refractivity (Wildman–Crippen MR) is 57.4 cm³/mol. The first-order valence-corrected chi connectivity index (χ1v) is 6.22. The minimum atomic E-state index is -0.227.